The van der Waals surface area contributed by atoms with E-state index in [0.29, 0.717) is 13.1 Å². The molecule has 168 valence electrons. The van der Waals surface area contributed by atoms with E-state index in [1.54, 1.807) is 6.26 Å². The number of hydrogen-bond donors (Lipinski definition) is 1. The van der Waals surface area contributed by atoms with Gasteiger partial charge in [-0.15, -0.1) is 0 Å². The fourth-order valence-corrected chi connectivity index (χ4v) is 4.13. The molecule has 0 saturated heterocycles. The molecule has 1 aliphatic rings. The Labute approximate surface area is 185 Å². The number of anilines is 2. The monoisotopic (exact) mass is 425 g/mol. The van der Waals surface area contributed by atoms with Gasteiger partial charge in [-0.3, -0.25) is 9.59 Å². The van der Waals surface area contributed by atoms with E-state index in [1.807, 2.05) is 75.0 Å². The van der Waals surface area contributed by atoms with E-state index in [1.165, 1.54) is 0 Å². The van der Waals surface area contributed by atoms with Gasteiger partial charge in [0.1, 0.15) is 5.76 Å². The van der Waals surface area contributed by atoms with Crippen LogP contribution < -0.4 is 10.2 Å². The molecule has 6 heteroatoms. The molecule has 0 bridgehead atoms. The van der Waals surface area contributed by atoms with Crippen LogP contribution in [0.3, 0.4) is 0 Å². The minimum absolute atomic E-state index is 0.0500. The molecular formula is C25H35N3O3. The van der Waals surface area contributed by atoms with Crippen LogP contribution in [0.5, 0.6) is 0 Å². The Hall–Kier alpha value is -2.76. The average Bonchev–Trinajstić information content (AvgIpc) is 3.40. The van der Waals surface area contributed by atoms with E-state index in [9.17, 15) is 9.59 Å². The molecule has 1 fully saturated rings. The molecule has 1 saturated carbocycles. The van der Waals surface area contributed by atoms with Gasteiger partial charge in [0.05, 0.1) is 12.8 Å². The van der Waals surface area contributed by atoms with Crippen LogP contribution >= 0.6 is 0 Å². The van der Waals surface area contributed by atoms with Crippen LogP contribution in [0.1, 0.15) is 57.8 Å². The Morgan fingerprint density at radius 3 is 2.39 bits per heavy atom. The zero-order valence-corrected chi connectivity index (χ0v) is 19.4. The fourth-order valence-electron chi connectivity index (χ4n) is 4.13. The van der Waals surface area contributed by atoms with Crippen molar-refractivity contribution in [1.82, 2.24) is 4.90 Å². The average molecular weight is 426 g/mol. The number of carbonyl (C=O) groups is 2. The van der Waals surface area contributed by atoms with Crippen molar-refractivity contribution < 1.29 is 14.0 Å². The smallest absolute Gasteiger partial charge is 0.228 e. The SMILES string of the molecule is CN(C)c1ccc(NC(=O)C2CCCC2)cc1CN(Cc1ccco1)C(=O)C(C)(C)C. The summed E-state index contributed by atoms with van der Waals surface area (Å²) in [5, 5.41) is 3.09. The van der Waals surface area contributed by atoms with E-state index < -0.39 is 5.41 Å². The third kappa shape index (κ3) is 5.90. The second-order valence-corrected chi connectivity index (χ2v) is 9.70. The van der Waals surface area contributed by atoms with E-state index >= 15 is 0 Å². The minimum atomic E-state index is -0.515. The van der Waals surface area contributed by atoms with E-state index in [0.717, 1.165) is 48.4 Å². The molecule has 2 aromatic rings. The Morgan fingerprint density at radius 2 is 1.81 bits per heavy atom. The predicted molar refractivity (Wildman–Crippen MR) is 124 cm³/mol. The van der Waals surface area contributed by atoms with Crippen LogP contribution in [0, 0.1) is 11.3 Å². The van der Waals surface area contributed by atoms with Gasteiger partial charge in [-0.2, -0.15) is 0 Å². The van der Waals surface area contributed by atoms with Crippen molar-refractivity contribution in [3.63, 3.8) is 0 Å². The van der Waals surface area contributed by atoms with E-state index in [-0.39, 0.29) is 17.7 Å². The van der Waals surface area contributed by atoms with Crippen molar-refractivity contribution >= 4 is 23.2 Å². The van der Waals surface area contributed by atoms with Crippen LogP contribution in [-0.2, 0) is 22.7 Å². The molecule has 3 rings (SSSR count). The van der Waals surface area contributed by atoms with Crippen molar-refractivity contribution in [2.24, 2.45) is 11.3 Å². The fraction of sp³-hybridized carbons (Fsp3) is 0.520. The molecule has 1 N–H and O–H groups in total. The number of benzene rings is 1. The molecule has 0 radical (unpaired) electrons. The molecule has 0 aliphatic heterocycles. The first-order valence-electron chi connectivity index (χ1n) is 11.1. The first kappa shape index (κ1) is 22.9. The Bertz CT molecular complexity index is 891. The molecule has 1 aromatic heterocycles. The topological polar surface area (TPSA) is 65.8 Å². The van der Waals surface area contributed by atoms with Crippen molar-refractivity contribution in [3.05, 3.63) is 47.9 Å². The molecule has 6 nitrogen and oxygen atoms in total. The number of furan rings is 1. The number of nitrogens with one attached hydrogen (secondary N) is 1. The lowest BCUT2D eigenvalue weighted by Gasteiger charge is -2.30. The Kier molecular flexibility index (Phi) is 7.08. The third-order valence-electron chi connectivity index (χ3n) is 5.77. The van der Waals surface area contributed by atoms with Crippen LogP contribution in [0.4, 0.5) is 11.4 Å². The lowest BCUT2D eigenvalue weighted by atomic mass is 9.94. The summed E-state index contributed by atoms with van der Waals surface area (Å²) >= 11 is 0. The van der Waals surface area contributed by atoms with Crippen molar-refractivity contribution in [2.75, 3.05) is 24.3 Å². The molecule has 31 heavy (non-hydrogen) atoms. The number of amides is 2. The summed E-state index contributed by atoms with van der Waals surface area (Å²) in [6.45, 7) is 6.60. The van der Waals surface area contributed by atoms with Gasteiger partial charge >= 0.3 is 0 Å². The molecule has 0 unspecified atom stereocenters. The summed E-state index contributed by atoms with van der Waals surface area (Å²) in [5.74, 6) is 0.998. The summed E-state index contributed by atoms with van der Waals surface area (Å²) < 4.78 is 5.51. The van der Waals surface area contributed by atoms with Gasteiger partial charge in [-0.05, 0) is 48.7 Å². The van der Waals surface area contributed by atoms with Crippen molar-refractivity contribution in [2.45, 2.75) is 59.5 Å². The Morgan fingerprint density at radius 1 is 1.10 bits per heavy atom. The first-order chi connectivity index (χ1) is 14.6. The molecule has 2 amide bonds. The van der Waals surface area contributed by atoms with E-state index in [4.69, 9.17) is 4.42 Å². The van der Waals surface area contributed by atoms with Gasteiger partial charge in [0.25, 0.3) is 0 Å². The summed E-state index contributed by atoms with van der Waals surface area (Å²) in [7, 11) is 3.97. The van der Waals surface area contributed by atoms with Gasteiger partial charge in [-0.1, -0.05) is 33.6 Å². The van der Waals surface area contributed by atoms with Crippen molar-refractivity contribution in [1.29, 1.82) is 0 Å². The maximum absolute atomic E-state index is 13.2. The third-order valence-corrected chi connectivity index (χ3v) is 5.77. The zero-order valence-electron chi connectivity index (χ0n) is 19.4. The highest BCUT2D eigenvalue weighted by Crippen LogP contribution is 2.30. The number of rotatable bonds is 7. The lowest BCUT2D eigenvalue weighted by Crippen LogP contribution is -2.38. The maximum Gasteiger partial charge on any atom is 0.228 e. The molecule has 1 aromatic carbocycles. The number of nitrogens with zero attached hydrogens (tertiary/aromatic N) is 2. The number of hydrogen-bond acceptors (Lipinski definition) is 4. The van der Waals surface area contributed by atoms with Crippen LogP contribution in [0.2, 0.25) is 0 Å². The summed E-state index contributed by atoms with van der Waals surface area (Å²) in [6, 6.07) is 9.65. The molecule has 1 heterocycles. The normalized spacial score (nSPS) is 14.5. The standard InChI is InChI=1S/C25H35N3O3/c1-25(2,3)24(30)28(17-21-11-8-14-31-21)16-19-15-20(12-13-22(19)27(4)5)26-23(29)18-9-6-7-10-18/h8,11-15,18H,6-7,9-10,16-17H2,1-5H3,(H,26,29). The minimum Gasteiger partial charge on any atom is -0.467 e. The van der Waals surface area contributed by atoms with Crippen LogP contribution in [0.15, 0.2) is 41.0 Å². The highest BCUT2D eigenvalue weighted by molar-refractivity contribution is 5.93. The Balaban J connectivity index is 1.87. The van der Waals surface area contributed by atoms with Crippen LogP contribution in [0.25, 0.3) is 0 Å². The molecular weight excluding hydrogens is 390 g/mol. The lowest BCUT2D eigenvalue weighted by molar-refractivity contribution is -0.141. The first-order valence-corrected chi connectivity index (χ1v) is 11.1. The van der Waals surface area contributed by atoms with E-state index in [2.05, 4.69) is 5.32 Å². The van der Waals surface area contributed by atoms with Crippen molar-refractivity contribution in [3.8, 4) is 0 Å². The second kappa shape index (κ2) is 9.58. The highest BCUT2D eigenvalue weighted by Gasteiger charge is 2.29. The predicted octanol–water partition coefficient (Wildman–Crippen LogP) is 5.05. The van der Waals surface area contributed by atoms with Gasteiger partial charge in [0.2, 0.25) is 11.8 Å². The molecule has 1 aliphatic carbocycles. The summed E-state index contributed by atoms with van der Waals surface area (Å²) in [5.41, 5.74) is 2.26. The molecule has 0 atom stereocenters. The number of carbonyl (C=O) groups excluding carboxylic acids is 2. The summed E-state index contributed by atoms with van der Waals surface area (Å²) in [6.07, 6.45) is 5.80. The second-order valence-electron chi connectivity index (χ2n) is 9.70. The largest absolute Gasteiger partial charge is 0.467 e. The van der Waals surface area contributed by atoms with Gasteiger partial charge in [0.15, 0.2) is 0 Å². The van der Waals surface area contributed by atoms with Gasteiger partial charge in [-0.25, -0.2) is 0 Å². The van der Waals surface area contributed by atoms with Gasteiger partial charge in [0, 0.05) is 43.3 Å². The summed E-state index contributed by atoms with van der Waals surface area (Å²) in [4.78, 5) is 29.7. The zero-order chi connectivity index (χ0) is 22.6. The highest BCUT2D eigenvalue weighted by atomic mass is 16.3. The maximum atomic E-state index is 13.2. The molecule has 0 spiro atoms. The quantitative estimate of drug-likeness (QED) is 0.674. The van der Waals surface area contributed by atoms with Crippen LogP contribution in [-0.4, -0.2) is 30.8 Å². The van der Waals surface area contributed by atoms with Gasteiger partial charge < -0.3 is 19.5 Å².